The molecule has 0 saturated carbocycles. The molecule has 3 nitrogen and oxygen atoms in total. The molecule has 114 valence electrons. The Morgan fingerprint density at radius 1 is 0.957 bits per heavy atom. The van der Waals surface area contributed by atoms with Crippen LogP contribution < -0.4 is 5.32 Å². The van der Waals surface area contributed by atoms with Crippen molar-refractivity contribution >= 4 is 10.9 Å². The largest absolute Gasteiger partial charge is 0.306 e. The number of nitrogens with zero attached hydrogens (tertiary/aromatic N) is 2. The Kier molecular flexibility index (Phi) is 2.96. The Labute approximate surface area is 136 Å². The quantitative estimate of drug-likeness (QED) is 0.746. The number of piperazine rings is 1. The van der Waals surface area contributed by atoms with Crippen LogP contribution in [0.25, 0.3) is 10.9 Å². The summed E-state index contributed by atoms with van der Waals surface area (Å²) < 4.78 is 0. The normalized spacial score (nSPS) is 23.7. The summed E-state index contributed by atoms with van der Waals surface area (Å²) in [5, 5.41) is 4.91. The molecule has 2 unspecified atom stereocenters. The fourth-order valence-corrected chi connectivity index (χ4v) is 4.09. The van der Waals surface area contributed by atoms with Crippen LogP contribution in [0.1, 0.15) is 28.9 Å². The predicted octanol–water partition coefficient (Wildman–Crippen LogP) is 3.44. The van der Waals surface area contributed by atoms with Gasteiger partial charge in [0, 0.05) is 25.0 Å². The zero-order chi connectivity index (χ0) is 15.2. The maximum absolute atomic E-state index is 4.94. The molecule has 2 aliphatic rings. The third kappa shape index (κ3) is 2.08. The van der Waals surface area contributed by atoms with Crippen molar-refractivity contribution < 1.29 is 0 Å². The number of para-hydroxylation sites is 1. The molecular formula is C20H19N3. The van der Waals surface area contributed by atoms with E-state index in [1.54, 1.807) is 0 Å². The Morgan fingerprint density at radius 3 is 2.83 bits per heavy atom. The standard InChI is InChI=1S/C20H19N3/c1-3-7-16-15(6-1)13-23-12-11-21-19(20(16)23)18-10-9-14-5-2-4-8-17(14)22-18/h1-10,19-21H,11-13H2. The molecular weight excluding hydrogens is 282 g/mol. The summed E-state index contributed by atoms with van der Waals surface area (Å²) in [6, 6.07) is 22.2. The van der Waals surface area contributed by atoms with E-state index in [-0.39, 0.29) is 6.04 Å². The first-order chi connectivity index (χ1) is 11.4. The summed E-state index contributed by atoms with van der Waals surface area (Å²) in [4.78, 5) is 7.53. The van der Waals surface area contributed by atoms with Gasteiger partial charge in [0.1, 0.15) is 0 Å². The van der Waals surface area contributed by atoms with Crippen LogP contribution in [0, 0.1) is 0 Å². The van der Waals surface area contributed by atoms with Gasteiger partial charge >= 0.3 is 0 Å². The molecule has 23 heavy (non-hydrogen) atoms. The molecule has 1 aromatic heterocycles. The highest BCUT2D eigenvalue weighted by Crippen LogP contribution is 2.43. The molecule has 0 spiro atoms. The Balaban J connectivity index is 1.60. The molecule has 2 aliphatic heterocycles. The fraction of sp³-hybridized carbons (Fsp3) is 0.250. The summed E-state index contributed by atoms with van der Waals surface area (Å²) in [6.07, 6.45) is 0. The molecule has 1 saturated heterocycles. The Hall–Kier alpha value is -2.23. The smallest absolute Gasteiger partial charge is 0.0706 e. The Morgan fingerprint density at radius 2 is 1.83 bits per heavy atom. The van der Waals surface area contributed by atoms with E-state index in [0.29, 0.717) is 6.04 Å². The molecule has 3 heterocycles. The van der Waals surface area contributed by atoms with Gasteiger partial charge in [-0.05, 0) is 23.3 Å². The van der Waals surface area contributed by atoms with Crippen molar-refractivity contribution in [1.82, 2.24) is 15.2 Å². The van der Waals surface area contributed by atoms with Crippen molar-refractivity contribution in [3.8, 4) is 0 Å². The van der Waals surface area contributed by atoms with Crippen molar-refractivity contribution in [2.45, 2.75) is 18.6 Å². The van der Waals surface area contributed by atoms with E-state index >= 15 is 0 Å². The summed E-state index contributed by atoms with van der Waals surface area (Å²) in [7, 11) is 0. The molecule has 1 fully saturated rings. The number of rotatable bonds is 1. The highest BCUT2D eigenvalue weighted by molar-refractivity contribution is 5.78. The molecule has 2 atom stereocenters. The van der Waals surface area contributed by atoms with Gasteiger partial charge in [-0.25, -0.2) is 0 Å². The molecule has 0 bridgehead atoms. The molecule has 3 aromatic rings. The lowest BCUT2D eigenvalue weighted by Gasteiger charge is -2.37. The molecule has 3 heteroatoms. The van der Waals surface area contributed by atoms with Crippen molar-refractivity contribution in [3.05, 3.63) is 77.5 Å². The van der Waals surface area contributed by atoms with Crippen molar-refractivity contribution in [1.29, 1.82) is 0 Å². The van der Waals surface area contributed by atoms with Gasteiger partial charge in [-0.3, -0.25) is 9.88 Å². The second-order valence-electron chi connectivity index (χ2n) is 6.47. The SMILES string of the molecule is c1ccc2c(c1)CN1CCNC(c3ccc4ccccc4n3)C21. The second kappa shape index (κ2) is 5.15. The van der Waals surface area contributed by atoms with Crippen molar-refractivity contribution in [2.24, 2.45) is 0 Å². The van der Waals surface area contributed by atoms with E-state index in [4.69, 9.17) is 4.98 Å². The van der Waals surface area contributed by atoms with Crippen LogP contribution in [-0.2, 0) is 6.54 Å². The van der Waals surface area contributed by atoms with Crippen LogP contribution in [0.2, 0.25) is 0 Å². The van der Waals surface area contributed by atoms with Crippen LogP contribution in [-0.4, -0.2) is 23.0 Å². The van der Waals surface area contributed by atoms with Gasteiger partial charge in [-0.1, -0.05) is 48.5 Å². The zero-order valence-corrected chi connectivity index (χ0v) is 12.9. The van der Waals surface area contributed by atoms with Gasteiger partial charge < -0.3 is 5.32 Å². The van der Waals surface area contributed by atoms with Gasteiger partial charge in [-0.2, -0.15) is 0 Å². The van der Waals surface area contributed by atoms with Crippen LogP contribution in [0.4, 0.5) is 0 Å². The lowest BCUT2D eigenvalue weighted by molar-refractivity contribution is 0.131. The van der Waals surface area contributed by atoms with Crippen LogP contribution >= 0.6 is 0 Å². The number of hydrogen-bond acceptors (Lipinski definition) is 3. The van der Waals surface area contributed by atoms with Crippen LogP contribution in [0.5, 0.6) is 0 Å². The van der Waals surface area contributed by atoms with Crippen LogP contribution in [0.15, 0.2) is 60.7 Å². The second-order valence-corrected chi connectivity index (χ2v) is 6.47. The van der Waals surface area contributed by atoms with Gasteiger partial charge in [0.15, 0.2) is 0 Å². The van der Waals surface area contributed by atoms with Crippen LogP contribution in [0.3, 0.4) is 0 Å². The summed E-state index contributed by atoms with van der Waals surface area (Å²) in [6.45, 7) is 3.18. The molecule has 1 N–H and O–H groups in total. The van der Waals surface area contributed by atoms with Crippen molar-refractivity contribution in [3.63, 3.8) is 0 Å². The number of benzene rings is 2. The highest BCUT2D eigenvalue weighted by atomic mass is 15.3. The zero-order valence-electron chi connectivity index (χ0n) is 12.9. The maximum atomic E-state index is 4.94. The maximum Gasteiger partial charge on any atom is 0.0706 e. The predicted molar refractivity (Wildman–Crippen MR) is 92.1 cm³/mol. The van der Waals surface area contributed by atoms with E-state index in [9.17, 15) is 0 Å². The number of pyridine rings is 1. The van der Waals surface area contributed by atoms with Crippen molar-refractivity contribution in [2.75, 3.05) is 13.1 Å². The third-order valence-corrected chi connectivity index (χ3v) is 5.16. The van der Waals surface area contributed by atoms with Gasteiger partial charge in [0.2, 0.25) is 0 Å². The summed E-state index contributed by atoms with van der Waals surface area (Å²) in [5.41, 5.74) is 5.15. The average Bonchev–Trinajstić information content (AvgIpc) is 3.00. The lowest BCUT2D eigenvalue weighted by Crippen LogP contribution is -2.45. The minimum absolute atomic E-state index is 0.261. The van der Waals surface area contributed by atoms with E-state index in [2.05, 4.69) is 70.9 Å². The molecule has 0 radical (unpaired) electrons. The van der Waals surface area contributed by atoms with E-state index in [1.165, 1.54) is 16.5 Å². The monoisotopic (exact) mass is 301 g/mol. The minimum Gasteiger partial charge on any atom is -0.306 e. The third-order valence-electron chi connectivity index (χ3n) is 5.16. The van der Waals surface area contributed by atoms with E-state index < -0.39 is 0 Å². The topological polar surface area (TPSA) is 28.2 Å². The first-order valence-corrected chi connectivity index (χ1v) is 8.31. The number of fused-ring (bicyclic) bond motifs is 4. The molecule has 2 aromatic carbocycles. The fourth-order valence-electron chi connectivity index (χ4n) is 4.09. The Bertz CT molecular complexity index is 873. The average molecular weight is 301 g/mol. The van der Waals surface area contributed by atoms with Gasteiger partial charge in [0.25, 0.3) is 0 Å². The van der Waals surface area contributed by atoms with Gasteiger partial charge in [-0.15, -0.1) is 0 Å². The highest BCUT2D eigenvalue weighted by Gasteiger charge is 2.39. The van der Waals surface area contributed by atoms with Gasteiger partial charge in [0.05, 0.1) is 23.3 Å². The molecule has 0 aliphatic carbocycles. The molecule has 5 rings (SSSR count). The van der Waals surface area contributed by atoms with E-state index in [0.717, 1.165) is 30.8 Å². The number of nitrogens with one attached hydrogen (secondary N) is 1. The summed E-state index contributed by atoms with van der Waals surface area (Å²) in [5.74, 6) is 0. The summed E-state index contributed by atoms with van der Waals surface area (Å²) >= 11 is 0. The lowest BCUT2D eigenvalue weighted by atomic mass is 9.94. The van der Waals surface area contributed by atoms with E-state index in [1.807, 2.05) is 0 Å². The molecule has 0 amide bonds. The number of aromatic nitrogens is 1. The number of hydrogen-bond donors (Lipinski definition) is 1. The first-order valence-electron chi connectivity index (χ1n) is 8.31. The minimum atomic E-state index is 0.261. The first kappa shape index (κ1) is 13.2.